The first-order valence-electron chi connectivity index (χ1n) is 18.8. The van der Waals surface area contributed by atoms with Gasteiger partial charge in [-0.3, -0.25) is 19.6 Å². The van der Waals surface area contributed by atoms with Crippen LogP contribution in [0.5, 0.6) is 0 Å². The number of carbonyl (C=O) groups excluding carboxylic acids is 3. The van der Waals surface area contributed by atoms with Crippen molar-refractivity contribution >= 4 is 54.7 Å². The molecule has 318 valence electrons. The summed E-state index contributed by atoms with van der Waals surface area (Å²) in [5.41, 5.74) is 3.00. The van der Waals surface area contributed by atoms with Crippen LogP contribution in [-0.4, -0.2) is 89.1 Å². The number of sulfonamides is 2. The molecule has 20 heteroatoms. The largest absolute Gasteiger partial charge is 0.468 e. The third kappa shape index (κ3) is 11.7. The number of fused-ring (bicyclic) bond motifs is 1. The van der Waals surface area contributed by atoms with E-state index in [-0.39, 0.29) is 35.1 Å². The van der Waals surface area contributed by atoms with Crippen LogP contribution in [0.3, 0.4) is 0 Å². The van der Waals surface area contributed by atoms with E-state index in [9.17, 15) is 36.4 Å². The summed E-state index contributed by atoms with van der Waals surface area (Å²) in [5, 5.41) is 23.1. The van der Waals surface area contributed by atoms with Crippen LogP contribution >= 0.6 is 0 Å². The van der Waals surface area contributed by atoms with Crippen LogP contribution in [0.4, 0.5) is 10.6 Å². The van der Waals surface area contributed by atoms with E-state index < -0.39 is 50.6 Å². The highest BCUT2D eigenvalue weighted by Crippen LogP contribution is 2.23. The molecule has 6 aromatic rings. The van der Waals surface area contributed by atoms with Crippen molar-refractivity contribution in [1.82, 2.24) is 29.9 Å². The van der Waals surface area contributed by atoms with Crippen LogP contribution in [0.15, 0.2) is 137 Å². The Bertz CT molecular complexity index is 2700. The first kappa shape index (κ1) is 43.7. The zero-order chi connectivity index (χ0) is 43.4. The van der Waals surface area contributed by atoms with Gasteiger partial charge in [0.15, 0.2) is 0 Å². The smallest absolute Gasteiger partial charge is 0.407 e. The van der Waals surface area contributed by atoms with E-state index in [4.69, 9.17) is 9.47 Å². The fraction of sp³-hybridized carbons (Fsp3) is 0.195. The Balaban J connectivity index is 0.993. The maximum atomic E-state index is 13.4. The summed E-state index contributed by atoms with van der Waals surface area (Å²) >= 11 is 0. The Labute approximate surface area is 351 Å². The number of methoxy groups -OCH3 is 1. The first-order chi connectivity index (χ1) is 29.3. The summed E-state index contributed by atoms with van der Waals surface area (Å²) in [6, 6.07) is 29.4. The van der Waals surface area contributed by atoms with E-state index in [2.05, 4.69) is 30.5 Å². The molecular formula is C41H43N8O10S2+. The van der Waals surface area contributed by atoms with Crippen LogP contribution in [-0.2, 0) is 47.5 Å². The second-order valence-corrected chi connectivity index (χ2v) is 16.8. The minimum atomic E-state index is -4.29. The number of nitrogens with zero attached hydrogens (tertiary/aromatic N) is 3. The molecule has 2 amide bonds. The van der Waals surface area contributed by atoms with Crippen LogP contribution in [0, 0.1) is 0 Å². The maximum Gasteiger partial charge on any atom is 0.407 e. The number of hydrogen-bond acceptors (Lipinski definition) is 12. The van der Waals surface area contributed by atoms with Crippen molar-refractivity contribution in [2.45, 2.75) is 29.0 Å². The van der Waals surface area contributed by atoms with Crippen molar-refractivity contribution in [1.29, 1.82) is 0 Å². The summed E-state index contributed by atoms with van der Waals surface area (Å²) in [6.45, 7) is 0.499. The van der Waals surface area contributed by atoms with E-state index in [1.165, 1.54) is 42.6 Å². The van der Waals surface area contributed by atoms with E-state index in [0.29, 0.717) is 35.4 Å². The standard InChI is InChI=1S/C41H42N8O10S2/c1-58-40(51)36(27-44-39(50)32-14-19-37-33(25-32)26-45-48(37)24-22-42-38-9-5-6-23-49(38)53)47-61(56,57)35-17-12-31(13-18-35)30-10-15-34(16-11-30)60(54,55)46-21-20-43-41(52)59-28-29-7-3-2-4-8-29/h2-19,23,25-26,36,46-47,53H,20-22,24,27-28H2,1H3,(H2,43,44,50,52)/p+1/t36-/m0/s1. The van der Waals surface area contributed by atoms with Crippen molar-refractivity contribution in [2.75, 3.05) is 38.6 Å². The molecule has 0 aliphatic heterocycles. The lowest BCUT2D eigenvalue weighted by atomic mass is 10.1. The van der Waals surface area contributed by atoms with Gasteiger partial charge in [-0.2, -0.15) is 9.82 Å². The van der Waals surface area contributed by atoms with Crippen molar-refractivity contribution in [3.8, 4) is 11.1 Å². The van der Waals surface area contributed by atoms with E-state index in [0.717, 1.165) is 22.9 Å². The molecule has 0 unspecified atom stereocenters. The summed E-state index contributed by atoms with van der Waals surface area (Å²) in [4.78, 5) is 37.5. The zero-order valence-corrected chi connectivity index (χ0v) is 34.4. The number of pyridine rings is 1. The average molecular weight is 872 g/mol. The van der Waals surface area contributed by atoms with E-state index in [1.54, 1.807) is 59.4 Å². The molecule has 0 spiro atoms. The molecule has 0 bridgehead atoms. The van der Waals surface area contributed by atoms with Gasteiger partial charge in [0.1, 0.15) is 25.4 Å². The SMILES string of the molecule is COC(=O)[C@H](CNC(=O)c1ccc2c(cnn2CCNc2cccc[n+]2O)c1)NS(=O)(=O)c1ccc(-c2ccc(S(=O)(=O)NCCNC(=O)OCc3ccccc3)cc2)cc1. The fourth-order valence-electron chi connectivity index (χ4n) is 6.00. The second kappa shape index (κ2) is 19.9. The molecule has 2 heterocycles. The Morgan fingerprint density at radius 2 is 1.46 bits per heavy atom. The number of benzene rings is 4. The van der Waals surface area contributed by atoms with Crippen molar-refractivity contribution < 1.29 is 50.6 Å². The number of nitrogens with one attached hydrogen (secondary N) is 5. The van der Waals surface area contributed by atoms with Gasteiger partial charge in [0.2, 0.25) is 20.0 Å². The minimum Gasteiger partial charge on any atom is -0.468 e. The van der Waals surface area contributed by atoms with Crippen molar-refractivity contribution in [2.24, 2.45) is 0 Å². The fourth-order valence-corrected chi connectivity index (χ4v) is 8.22. The lowest BCUT2D eigenvalue weighted by molar-refractivity contribution is -0.893. The van der Waals surface area contributed by atoms with Crippen molar-refractivity contribution in [3.05, 3.63) is 139 Å². The molecule has 6 rings (SSSR count). The molecule has 0 saturated heterocycles. The van der Waals surface area contributed by atoms with Gasteiger partial charge in [0, 0.05) is 36.7 Å². The molecule has 1 atom stereocenters. The predicted molar refractivity (Wildman–Crippen MR) is 222 cm³/mol. The predicted octanol–water partition coefficient (Wildman–Crippen LogP) is 2.79. The lowest BCUT2D eigenvalue weighted by Crippen LogP contribution is -2.48. The van der Waals surface area contributed by atoms with Gasteiger partial charge in [-0.1, -0.05) is 65.4 Å². The Kier molecular flexibility index (Phi) is 14.3. The molecule has 0 aliphatic carbocycles. The normalized spacial score (nSPS) is 12.0. The molecule has 18 nitrogen and oxygen atoms in total. The molecular weight excluding hydrogens is 829 g/mol. The second-order valence-electron chi connectivity index (χ2n) is 13.3. The maximum absolute atomic E-state index is 13.4. The summed E-state index contributed by atoms with van der Waals surface area (Å²) in [5.74, 6) is -0.970. The first-order valence-corrected chi connectivity index (χ1v) is 21.7. The molecule has 2 aromatic heterocycles. The topological polar surface area (TPSA) is 240 Å². The van der Waals surface area contributed by atoms with Gasteiger partial charge in [0.05, 0.1) is 35.2 Å². The molecule has 0 aliphatic rings. The van der Waals surface area contributed by atoms with Gasteiger partial charge >= 0.3 is 17.9 Å². The number of ether oxygens (including phenoxy) is 2. The Morgan fingerprint density at radius 1 is 0.787 bits per heavy atom. The van der Waals surface area contributed by atoms with Crippen LogP contribution in [0.2, 0.25) is 0 Å². The number of alkyl carbamates (subject to hydrolysis) is 1. The quantitative estimate of drug-likeness (QED) is 0.0298. The third-order valence-electron chi connectivity index (χ3n) is 9.18. The highest BCUT2D eigenvalue weighted by atomic mass is 32.2. The molecule has 0 saturated carbocycles. The van der Waals surface area contributed by atoms with Gasteiger partial charge in [-0.25, -0.2) is 26.4 Å². The number of amides is 2. The zero-order valence-electron chi connectivity index (χ0n) is 32.7. The highest BCUT2D eigenvalue weighted by Gasteiger charge is 2.27. The monoisotopic (exact) mass is 871 g/mol. The van der Waals surface area contributed by atoms with Gasteiger partial charge in [-0.05, 0) is 65.2 Å². The van der Waals surface area contributed by atoms with Gasteiger partial charge < -0.3 is 25.3 Å². The van der Waals surface area contributed by atoms with E-state index >= 15 is 0 Å². The molecule has 0 radical (unpaired) electrons. The Hall–Kier alpha value is -6.87. The summed E-state index contributed by atoms with van der Waals surface area (Å²) in [6.07, 6.45) is 2.42. The summed E-state index contributed by atoms with van der Waals surface area (Å²) < 4.78 is 69.8. The molecule has 6 N–H and O–H groups in total. The lowest BCUT2D eigenvalue weighted by Gasteiger charge is -2.17. The molecule has 4 aromatic carbocycles. The molecule has 0 fully saturated rings. The van der Waals surface area contributed by atoms with Crippen molar-refractivity contribution in [3.63, 3.8) is 0 Å². The number of carbonyl (C=O) groups is 3. The van der Waals surface area contributed by atoms with Crippen LogP contribution < -0.4 is 30.1 Å². The Morgan fingerprint density at radius 3 is 2.13 bits per heavy atom. The number of rotatable bonds is 19. The number of anilines is 1. The third-order valence-corrected chi connectivity index (χ3v) is 12.1. The average Bonchev–Trinajstić information content (AvgIpc) is 3.68. The number of aromatic nitrogens is 3. The highest BCUT2D eigenvalue weighted by molar-refractivity contribution is 7.89. The van der Waals surface area contributed by atoms with Crippen LogP contribution in [0.25, 0.3) is 22.0 Å². The van der Waals surface area contributed by atoms with Gasteiger partial charge in [-0.15, -0.1) is 0 Å². The van der Waals surface area contributed by atoms with Crippen LogP contribution in [0.1, 0.15) is 15.9 Å². The minimum absolute atomic E-state index is 0.00179. The number of esters is 1. The number of hydrogen-bond donors (Lipinski definition) is 6. The molecule has 61 heavy (non-hydrogen) atoms. The van der Waals surface area contributed by atoms with Gasteiger partial charge in [0.25, 0.3) is 5.91 Å². The summed E-state index contributed by atoms with van der Waals surface area (Å²) in [7, 11) is -7.11. The van der Waals surface area contributed by atoms with E-state index in [1.807, 2.05) is 30.3 Å².